The first-order chi connectivity index (χ1) is 10.7. The molecule has 0 aromatic heterocycles. The van der Waals surface area contributed by atoms with Crippen LogP contribution in [-0.2, 0) is 10.9 Å². The maximum absolute atomic E-state index is 13.0. The van der Waals surface area contributed by atoms with Crippen molar-refractivity contribution in [2.24, 2.45) is 0 Å². The Kier molecular flexibility index (Phi) is 4.67. The lowest BCUT2D eigenvalue weighted by Crippen LogP contribution is -2.48. The fraction of sp³-hybridized carbons (Fsp3) is 0.429. The third kappa shape index (κ3) is 3.85. The summed E-state index contributed by atoms with van der Waals surface area (Å²) in [5.41, 5.74) is -0.931. The molecule has 1 aliphatic rings. The van der Waals surface area contributed by atoms with Crippen molar-refractivity contribution in [2.45, 2.75) is 6.18 Å². The first-order valence-corrected chi connectivity index (χ1v) is 6.76. The molecule has 2 rings (SSSR count). The molecule has 1 amide bonds. The summed E-state index contributed by atoms with van der Waals surface area (Å²) in [7, 11) is 1.09. The van der Waals surface area contributed by atoms with Gasteiger partial charge in [0.2, 0.25) is 0 Å². The zero-order valence-corrected chi connectivity index (χ0v) is 12.3. The van der Waals surface area contributed by atoms with Gasteiger partial charge in [0.1, 0.15) is 0 Å². The number of benzene rings is 1. The first kappa shape index (κ1) is 16.9. The number of anilines is 1. The first-order valence-electron chi connectivity index (χ1n) is 6.76. The van der Waals surface area contributed by atoms with Gasteiger partial charge in [-0.15, -0.1) is 0 Å². The second-order valence-corrected chi connectivity index (χ2v) is 5.01. The van der Waals surface area contributed by atoms with E-state index in [1.807, 2.05) is 0 Å². The van der Waals surface area contributed by atoms with E-state index in [2.05, 4.69) is 4.74 Å². The van der Waals surface area contributed by atoms with E-state index in [1.165, 1.54) is 11.0 Å². The van der Waals surface area contributed by atoms with E-state index >= 15 is 0 Å². The normalized spacial score (nSPS) is 15.5. The molecule has 0 radical (unpaired) electrons. The summed E-state index contributed by atoms with van der Waals surface area (Å²) in [6.45, 7) is 0.848. The Labute approximate surface area is 130 Å². The predicted octanol–water partition coefficient (Wildman–Crippen LogP) is 2.29. The number of piperazine rings is 1. The summed E-state index contributed by atoms with van der Waals surface area (Å²) in [6.07, 6.45) is -5.66. The van der Waals surface area contributed by atoms with Crippen molar-refractivity contribution in [3.05, 3.63) is 29.3 Å². The molecule has 0 bridgehead atoms. The number of carbonyl (C=O) groups excluding carboxylic acids is 1. The van der Waals surface area contributed by atoms with Crippen LogP contribution in [0.25, 0.3) is 0 Å². The van der Waals surface area contributed by atoms with Crippen LogP contribution >= 0.6 is 0 Å². The predicted molar refractivity (Wildman–Crippen MR) is 74.6 cm³/mol. The van der Waals surface area contributed by atoms with Gasteiger partial charge in [-0.1, -0.05) is 0 Å². The lowest BCUT2D eigenvalue weighted by Gasteiger charge is -2.35. The molecule has 1 saturated heterocycles. The van der Waals surface area contributed by atoms with Crippen LogP contribution in [0.15, 0.2) is 18.2 Å². The van der Waals surface area contributed by atoms with Gasteiger partial charge in [-0.3, -0.25) is 0 Å². The number of nitrogens with zero attached hydrogens (tertiary/aromatic N) is 2. The molecule has 0 aliphatic carbocycles. The van der Waals surface area contributed by atoms with Crippen LogP contribution in [0.4, 0.5) is 23.7 Å². The number of amides is 1. The molecule has 0 unspecified atom stereocenters. The average molecular weight is 332 g/mol. The molecule has 126 valence electrons. The maximum Gasteiger partial charge on any atom is 0.416 e. The van der Waals surface area contributed by atoms with E-state index in [9.17, 15) is 22.8 Å². The number of esters is 1. The molecule has 9 heteroatoms. The van der Waals surface area contributed by atoms with Crippen molar-refractivity contribution in [3.8, 4) is 0 Å². The molecule has 6 nitrogen and oxygen atoms in total. The number of rotatable bonds is 2. The van der Waals surface area contributed by atoms with E-state index in [0.29, 0.717) is 0 Å². The molecule has 1 aromatic rings. The minimum atomic E-state index is -4.60. The van der Waals surface area contributed by atoms with Gasteiger partial charge in [0.05, 0.1) is 18.2 Å². The van der Waals surface area contributed by atoms with Crippen molar-refractivity contribution in [1.29, 1.82) is 0 Å². The van der Waals surface area contributed by atoms with Crippen LogP contribution in [-0.4, -0.2) is 55.4 Å². The van der Waals surface area contributed by atoms with E-state index < -0.39 is 23.8 Å². The Morgan fingerprint density at radius 1 is 1.13 bits per heavy atom. The third-order valence-electron chi connectivity index (χ3n) is 3.58. The summed E-state index contributed by atoms with van der Waals surface area (Å²) in [4.78, 5) is 25.2. The molecule has 0 atom stereocenters. The molecule has 0 saturated carbocycles. The minimum Gasteiger partial charge on any atom is -0.465 e. The smallest absolute Gasteiger partial charge is 0.416 e. The Bertz CT molecular complexity index is 611. The second-order valence-electron chi connectivity index (χ2n) is 5.01. The SMILES string of the molecule is COC(=O)c1cc(N2CCN(C(=O)O)CC2)cc(C(F)(F)F)c1. The van der Waals surface area contributed by atoms with Gasteiger partial charge in [-0.25, -0.2) is 9.59 Å². The summed E-state index contributed by atoms with van der Waals surface area (Å²) < 4.78 is 43.5. The Morgan fingerprint density at radius 3 is 2.22 bits per heavy atom. The van der Waals surface area contributed by atoms with E-state index in [4.69, 9.17) is 5.11 Å². The van der Waals surface area contributed by atoms with Crippen molar-refractivity contribution in [2.75, 3.05) is 38.2 Å². The maximum atomic E-state index is 13.0. The van der Waals surface area contributed by atoms with Gasteiger partial charge in [-0.05, 0) is 18.2 Å². The van der Waals surface area contributed by atoms with Gasteiger partial charge in [0.15, 0.2) is 0 Å². The number of carbonyl (C=O) groups is 2. The van der Waals surface area contributed by atoms with E-state index in [1.54, 1.807) is 4.90 Å². The van der Waals surface area contributed by atoms with Crippen molar-refractivity contribution < 1.29 is 32.6 Å². The summed E-state index contributed by atoms with van der Waals surface area (Å²) in [5.74, 6) is -0.860. The fourth-order valence-electron chi connectivity index (χ4n) is 2.35. The summed E-state index contributed by atoms with van der Waals surface area (Å²) in [5, 5.41) is 8.89. The zero-order chi connectivity index (χ0) is 17.2. The van der Waals surface area contributed by atoms with Crippen LogP contribution in [0.2, 0.25) is 0 Å². The quantitative estimate of drug-likeness (QED) is 0.842. The standard InChI is InChI=1S/C14H15F3N2O4/c1-23-12(20)9-6-10(14(15,16)17)8-11(7-9)18-2-4-19(5-3-18)13(21)22/h6-8H,2-5H2,1H3,(H,21,22). The topological polar surface area (TPSA) is 70.1 Å². The third-order valence-corrected chi connectivity index (χ3v) is 3.58. The van der Waals surface area contributed by atoms with Crippen LogP contribution < -0.4 is 4.90 Å². The number of hydrogen-bond donors (Lipinski definition) is 1. The number of halogens is 3. The number of methoxy groups -OCH3 is 1. The number of hydrogen-bond acceptors (Lipinski definition) is 4. The van der Waals surface area contributed by atoms with Gasteiger partial charge >= 0.3 is 18.2 Å². The van der Waals surface area contributed by atoms with E-state index in [0.717, 1.165) is 19.2 Å². The lowest BCUT2D eigenvalue weighted by molar-refractivity contribution is -0.137. The highest BCUT2D eigenvalue weighted by atomic mass is 19.4. The Balaban J connectivity index is 2.31. The van der Waals surface area contributed by atoms with Crippen molar-refractivity contribution in [1.82, 2.24) is 4.90 Å². The van der Waals surface area contributed by atoms with Crippen LogP contribution in [0.1, 0.15) is 15.9 Å². The number of carboxylic acid groups (broad SMARTS) is 1. The molecular weight excluding hydrogens is 317 g/mol. The van der Waals surface area contributed by atoms with Crippen LogP contribution in [0.3, 0.4) is 0 Å². The molecule has 1 heterocycles. The van der Waals surface area contributed by atoms with Crippen LogP contribution in [0, 0.1) is 0 Å². The molecule has 0 spiro atoms. The van der Waals surface area contributed by atoms with Crippen molar-refractivity contribution >= 4 is 17.7 Å². The highest BCUT2D eigenvalue weighted by Crippen LogP contribution is 2.33. The minimum absolute atomic E-state index is 0.180. The van der Waals surface area contributed by atoms with Crippen molar-refractivity contribution in [3.63, 3.8) is 0 Å². The molecular formula is C14H15F3N2O4. The highest BCUT2D eigenvalue weighted by Gasteiger charge is 2.33. The van der Waals surface area contributed by atoms with Crippen LogP contribution in [0.5, 0.6) is 0 Å². The summed E-state index contributed by atoms with van der Waals surface area (Å²) in [6, 6.07) is 3.00. The molecule has 1 N–H and O–H groups in total. The number of ether oxygens (including phenoxy) is 1. The van der Waals surface area contributed by atoms with Gasteiger partial charge in [0.25, 0.3) is 0 Å². The monoisotopic (exact) mass is 332 g/mol. The van der Waals surface area contributed by atoms with E-state index in [-0.39, 0.29) is 37.4 Å². The fourth-order valence-corrected chi connectivity index (χ4v) is 2.35. The molecule has 1 aliphatic heterocycles. The largest absolute Gasteiger partial charge is 0.465 e. The average Bonchev–Trinajstić information content (AvgIpc) is 2.53. The van der Waals surface area contributed by atoms with Gasteiger partial charge < -0.3 is 19.6 Å². The number of alkyl halides is 3. The van der Waals surface area contributed by atoms with Gasteiger partial charge in [0, 0.05) is 31.9 Å². The Hall–Kier alpha value is -2.45. The Morgan fingerprint density at radius 2 is 1.74 bits per heavy atom. The molecule has 23 heavy (non-hydrogen) atoms. The lowest BCUT2D eigenvalue weighted by atomic mass is 10.1. The molecule has 1 fully saturated rings. The highest BCUT2D eigenvalue weighted by molar-refractivity contribution is 5.91. The van der Waals surface area contributed by atoms with Gasteiger partial charge in [-0.2, -0.15) is 13.2 Å². The summed E-state index contributed by atoms with van der Waals surface area (Å²) >= 11 is 0. The zero-order valence-electron chi connectivity index (χ0n) is 12.3. The molecule has 1 aromatic carbocycles. The second kappa shape index (κ2) is 6.35.